The van der Waals surface area contributed by atoms with Crippen LogP contribution in [0.1, 0.15) is 19.8 Å². The van der Waals surface area contributed by atoms with Gasteiger partial charge in [-0.3, -0.25) is 4.98 Å². The number of anilines is 1. The van der Waals surface area contributed by atoms with Crippen LogP contribution < -0.4 is 5.32 Å². The molecule has 4 heteroatoms. The number of nitrogens with one attached hydrogen (secondary N) is 1. The van der Waals surface area contributed by atoms with Crippen LogP contribution in [0.2, 0.25) is 0 Å². The van der Waals surface area contributed by atoms with E-state index in [1.54, 1.807) is 18.6 Å². The summed E-state index contributed by atoms with van der Waals surface area (Å²) in [4.78, 5) is 8.12. The Morgan fingerprint density at radius 1 is 1.50 bits per heavy atom. The van der Waals surface area contributed by atoms with Crippen molar-refractivity contribution >= 4 is 17.4 Å². The van der Waals surface area contributed by atoms with Crippen LogP contribution in [0.3, 0.4) is 0 Å². The van der Waals surface area contributed by atoms with Gasteiger partial charge in [0, 0.05) is 24.8 Å². The highest BCUT2D eigenvalue weighted by Gasteiger charge is 2.04. The molecule has 0 radical (unpaired) electrons. The van der Waals surface area contributed by atoms with Crippen LogP contribution in [0.4, 0.5) is 5.82 Å². The summed E-state index contributed by atoms with van der Waals surface area (Å²) < 4.78 is 0. The van der Waals surface area contributed by atoms with E-state index in [4.69, 9.17) is 11.6 Å². The molecule has 1 aromatic rings. The quantitative estimate of drug-likeness (QED) is 0.739. The van der Waals surface area contributed by atoms with E-state index in [1.165, 1.54) is 0 Å². The second kappa shape index (κ2) is 6.60. The van der Waals surface area contributed by atoms with Crippen LogP contribution >= 0.6 is 11.6 Å². The molecule has 0 fully saturated rings. The lowest BCUT2D eigenvalue weighted by Gasteiger charge is -2.13. The number of rotatable bonds is 6. The molecule has 0 spiro atoms. The number of halogens is 1. The average molecular weight is 214 g/mol. The number of hydrogen-bond acceptors (Lipinski definition) is 3. The minimum Gasteiger partial charge on any atom is -0.369 e. The number of alkyl halides is 1. The van der Waals surface area contributed by atoms with E-state index < -0.39 is 0 Å². The van der Waals surface area contributed by atoms with E-state index in [0.717, 1.165) is 31.1 Å². The summed E-state index contributed by atoms with van der Waals surface area (Å²) in [6.07, 6.45) is 7.27. The summed E-state index contributed by atoms with van der Waals surface area (Å²) >= 11 is 5.70. The standard InChI is InChI=1S/C10H16ClN3/c1-2-9(3-4-11)7-14-10-8-12-5-6-13-10/h5-6,8-9H,2-4,7H2,1H3,(H,13,14). The average Bonchev–Trinajstić information content (AvgIpc) is 2.25. The first-order valence-corrected chi connectivity index (χ1v) is 5.46. The highest BCUT2D eigenvalue weighted by Crippen LogP contribution is 2.10. The first-order valence-electron chi connectivity index (χ1n) is 4.92. The summed E-state index contributed by atoms with van der Waals surface area (Å²) in [5, 5.41) is 3.25. The molecule has 1 unspecified atom stereocenters. The van der Waals surface area contributed by atoms with Gasteiger partial charge >= 0.3 is 0 Å². The van der Waals surface area contributed by atoms with Gasteiger partial charge in [0.25, 0.3) is 0 Å². The molecule has 78 valence electrons. The molecule has 1 N–H and O–H groups in total. The maximum Gasteiger partial charge on any atom is 0.144 e. The van der Waals surface area contributed by atoms with Gasteiger partial charge in [-0.25, -0.2) is 4.98 Å². The summed E-state index contributed by atoms with van der Waals surface area (Å²) in [5.74, 6) is 2.18. The third-order valence-corrected chi connectivity index (χ3v) is 2.45. The fraction of sp³-hybridized carbons (Fsp3) is 0.600. The van der Waals surface area contributed by atoms with Crippen LogP contribution in [0.5, 0.6) is 0 Å². The Morgan fingerprint density at radius 2 is 2.36 bits per heavy atom. The van der Waals surface area contributed by atoms with E-state index in [1.807, 2.05) is 0 Å². The van der Waals surface area contributed by atoms with Crippen molar-refractivity contribution < 1.29 is 0 Å². The van der Waals surface area contributed by atoms with Gasteiger partial charge < -0.3 is 5.32 Å². The first kappa shape index (κ1) is 11.2. The SMILES string of the molecule is CCC(CCCl)CNc1cnccn1. The third-order valence-electron chi connectivity index (χ3n) is 2.23. The molecular formula is C10H16ClN3. The molecule has 0 amide bonds. The Kier molecular flexibility index (Phi) is 5.30. The van der Waals surface area contributed by atoms with Gasteiger partial charge in [-0.05, 0) is 12.3 Å². The van der Waals surface area contributed by atoms with Crippen molar-refractivity contribution in [2.24, 2.45) is 5.92 Å². The zero-order valence-electron chi connectivity index (χ0n) is 8.41. The molecule has 0 saturated heterocycles. The Labute approximate surface area is 89.9 Å². The highest BCUT2D eigenvalue weighted by atomic mass is 35.5. The Bertz CT molecular complexity index is 240. The summed E-state index contributed by atoms with van der Waals surface area (Å²) in [6.45, 7) is 3.09. The lowest BCUT2D eigenvalue weighted by Crippen LogP contribution is -2.14. The van der Waals surface area contributed by atoms with Gasteiger partial charge in [0.1, 0.15) is 5.82 Å². The van der Waals surface area contributed by atoms with Crippen LogP contribution in [-0.4, -0.2) is 22.4 Å². The van der Waals surface area contributed by atoms with Gasteiger partial charge in [-0.2, -0.15) is 0 Å². The smallest absolute Gasteiger partial charge is 0.144 e. The fourth-order valence-electron chi connectivity index (χ4n) is 1.24. The number of hydrogen-bond donors (Lipinski definition) is 1. The topological polar surface area (TPSA) is 37.8 Å². The van der Waals surface area contributed by atoms with E-state index in [2.05, 4.69) is 22.2 Å². The molecule has 3 nitrogen and oxygen atoms in total. The molecule has 0 aliphatic rings. The molecule has 1 atom stereocenters. The van der Waals surface area contributed by atoms with Crippen molar-refractivity contribution in [1.82, 2.24) is 9.97 Å². The van der Waals surface area contributed by atoms with Gasteiger partial charge in [0.15, 0.2) is 0 Å². The zero-order valence-corrected chi connectivity index (χ0v) is 9.17. The normalized spacial score (nSPS) is 12.4. The van der Waals surface area contributed by atoms with Crippen molar-refractivity contribution in [3.63, 3.8) is 0 Å². The van der Waals surface area contributed by atoms with Gasteiger partial charge in [0.2, 0.25) is 0 Å². The van der Waals surface area contributed by atoms with Crippen molar-refractivity contribution in [2.75, 3.05) is 17.7 Å². The predicted molar refractivity (Wildman–Crippen MR) is 59.6 cm³/mol. The highest BCUT2D eigenvalue weighted by molar-refractivity contribution is 6.17. The van der Waals surface area contributed by atoms with Gasteiger partial charge in [-0.1, -0.05) is 13.3 Å². The first-order chi connectivity index (χ1) is 6.86. The van der Waals surface area contributed by atoms with Crippen LogP contribution in [0.15, 0.2) is 18.6 Å². The molecule has 1 rings (SSSR count). The number of aromatic nitrogens is 2. The summed E-state index contributed by atoms with van der Waals surface area (Å²) in [7, 11) is 0. The monoisotopic (exact) mass is 213 g/mol. The lowest BCUT2D eigenvalue weighted by atomic mass is 10.0. The minimum atomic E-state index is 0.620. The summed E-state index contributed by atoms with van der Waals surface area (Å²) in [6, 6.07) is 0. The third kappa shape index (κ3) is 3.92. The molecule has 1 aromatic heterocycles. The van der Waals surface area contributed by atoms with Crippen LogP contribution in [-0.2, 0) is 0 Å². The fourth-order valence-corrected chi connectivity index (χ4v) is 1.55. The van der Waals surface area contributed by atoms with E-state index in [-0.39, 0.29) is 0 Å². The zero-order chi connectivity index (χ0) is 10.2. The molecule has 0 aliphatic carbocycles. The largest absolute Gasteiger partial charge is 0.369 e. The molecule has 0 bridgehead atoms. The minimum absolute atomic E-state index is 0.620. The van der Waals surface area contributed by atoms with Crippen LogP contribution in [0, 0.1) is 5.92 Å². The van der Waals surface area contributed by atoms with Crippen LogP contribution in [0.25, 0.3) is 0 Å². The maximum absolute atomic E-state index is 5.70. The molecule has 0 aliphatic heterocycles. The number of nitrogens with zero attached hydrogens (tertiary/aromatic N) is 2. The maximum atomic E-state index is 5.70. The lowest BCUT2D eigenvalue weighted by molar-refractivity contribution is 0.521. The second-order valence-corrected chi connectivity index (χ2v) is 3.60. The predicted octanol–water partition coefficient (Wildman–Crippen LogP) is 2.54. The second-order valence-electron chi connectivity index (χ2n) is 3.22. The van der Waals surface area contributed by atoms with Gasteiger partial charge in [-0.15, -0.1) is 11.6 Å². The van der Waals surface area contributed by atoms with Gasteiger partial charge in [0.05, 0.1) is 6.20 Å². The Balaban J connectivity index is 2.32. The molecule has 0 saturated carbocycles. The molecular weight excluding hydrogens is 198 g/mol. The molecule has 14 heavy (non-hydrogen) atoms. The van der Waals surface area contributed by atoms with Crippen molar-refractivity contribution in [3.8, 4) is 0 Å². The van der Waals surface area contributed by atoms with E-state index in [0.29, 0.717) is 5.92 Å². The molecule has 0 aromatic carbocycles. The Hall–Kier alpha value is -0.830. The molecule has 1 heterocycles. The Morgan fingerprint density at radius 3 is 2.93 bits per heavy atom. The van der Waals surface area contributed by atoms with Crippen molar-refractivity contribution in [3.05, 3.63) is 18.6 Å². The summed E-state index contributed by atoms with van der Waals surface area (Å²) in [5.41, 5.74) is 0. The van der Waals surface area contributed by atoms with E-state index >= 15 is 0 Å². The van der Waals surface area contributed by atoms with Crippen molar-refractivity contribution in [1.29, 1.82) is 0 Å². The van der Waals surface area contributed by atoms with Crippen molar-refractivity contribution in [2.45, 2.75) is 19.8 Å². The van der Waals surface area contributed by atoms with E-state index in [9.17, 15) is 0 Å².